The van der Waals surface area contributed by atoms with Crippen LogP contribution >= 0.6 is 0 Å². The van der Waals surface area contributed by atoms with Gasteiger partial charge in [-0.3, -0.25) is 4.79 Å². The fourth-order valence-electron chi connectivity index (χ4n) is 4.15. The lowest BCUT2D eigenvalue weighted by Gasteiger charge is -2.34. The Labute approximate surface area is 207 Å². The van der Waals surface area contributed by atoms with Gasteiger partial charge in [0.1, 0.15) is 23.0 Å². The zero-order valence-corrected chi connectivity index (χ0v) is 20.9. The number of aryl methyl sites for hydroxylation is 1. The van der Waals surface area contributed by atoms with E-state index in [1.54, 1.807) is 44.7 Å². The van der Waals surface area contributed by atoms with Crippen LogP contribution in [0.15, 0.2) is 28.7 Å². The highest BCUT2D eigenvalue weighted by molar-refractivity contribution is 5.95. The molecule has 192 valence electrons. The molecule has 4 rings (SSSR count). The second kappa shape index (κ2) is 9.85. The topological polar surface area (TPSA) is 93.9 Å². The number of halogens is 2. The van der Waals surface area contributed by atoms with Gasteiger partial charge >= 0.3 is 6.09 Å². The quantitative estimate of drug-likeness (QED) is 0.561. The maximum atomic E-state index is 15.2. The van der Waals surface area contributed by atoms with Crippen LogP contribution in [0, 0.1) is 18.6 Å². The molecule has 3 aromatic rings. The molecule has 0 saturated carbocycles. The number of benzene rings is 1. The Hall–Kier alpha value is -3.53. The summed E-state index contributed by atoms with van der Waals surface area (Å²) in [5, 5.41) is 2.94. The van der Waals surface area contributed by atoms with Gasteiger partial charge in [0.25, 0.3) is 5.91 Å². The molecule has 1 aliphatic rings. The second-order valence-corrected chi connectivity index (χ2v) is 9.73. The van der Waals surface area contributed by atoms with Gasteiger partial charge in [-0.25, -0.2) is 18.6 Å². The van der Waals surface area contributed by atoms with E-state index in [9.17, 15) is 9.59 Å². The number of nitrogens with one attached hydrogen (secondary N) is 1. The van der Waals surface area contributed by atoms with E-state index < -0.39 is 40.9 Å². The van der Waals surface area contributed by atoms with Crippen LogP contribution in [0.1, 0.15) is 42.4 Å². The molecule has 1 saturated heterocycles. The van der Waals surface area contributed by atoms with Crippen LogP contribution in [0.25, 0.3) is 22.4 Å². The third-order valence-electron chi connectivity index (χ3n) is 5.78. The maximum Gasteiger partial charge on any atom is 0.410 e. The Morgan fingerprint density at radius 3 is 2.56 bits per heavy atom. The largest absolute Gasteiger partial charge is 0.444 e. The van der Waals surface area contributed by atoms with Crippen molar-refractivity contribution in [2.24, 2.45) is 0 Å². The number of aromatic nitrogens is 1. The van der Waals surface area contributed by atoms with Crippen molar-refractivity contribution in [2.75, 3.05) is 26.7 Å². The van der Waals surface area contributed by atoms with Crippen molar-refractivity contribution in [1.82, 2.24) is 15.2 Å². The minimum absolute atomic E-state index is 0.0282. The number of nitrogens with zero attached hydrogens (tertiary/aromatic N) is 2. The molecule has 10 heteroatoms. The first kappa shape index (κ1) is 25.6. The smallest absolute Gasteiger partial charge is 0.410 e. The maximum absolute atomic E-state index is 15.2. The van der Waals surface area contributed by atoms with E-state index in [0.29, 0.717) is 23.2 Å². The Morgan fingerprint density at radius 2 is 1.92 bits per heavy atom. The van der Waals surface area contributed by atoms with Crippen molar-refractivity contribution >= 4 is 23.1 Å². The van der Waals surface area contributed by atoms with E-state index in [4.69, 9.17) is 13.9 Å². The average molecular weight is 502 g/mol. The summed E-state index contributed by atoms with van der Waals surface area (Å²) in [5.74, 6) is -2.52. The summed E-state index contributed by atoms with van der Waals surface area (Å²) in [7, 11) is 1.38. The standard InChI is InChI=1S/C26H29F2N3O5/c1-14-6-7-17-18(12-16-13-31(8-9-34-16)25(33)36-26(2,3)4)22(35-24(17)30-14)21-19(27)10-15(11-20(21)28)23(32)29-5/h6-7,10-11,16H,8-9,12-13H2,1-5H3,(H,29,32)/t16-/m0/s1. The summed E-state index contributed by atoms with van der Waals surface area (Å²) in [6.07, 6.45) is -0.710. The van der Waals surface area contributed by atoms with E-state index >= 15 is 8.78 Å². The van der Waals surface area contributed by atoms with Gasteiger partial charge in [-0.2, -0.15) is 0 Å². The third-order valence-corrected chi connectivity index (χ3v) is 5.78. The lowest BCUT2D eigenvalue weighted by atomic mass is 9.98. The monoisotopic (exact) mass is 501 g/mol. The highest BCUT2D eigenvalue weighted by atomic mass is 19.1. The number of rotatable bonds is 4. The number of fused-ring (bicyclic) bond motifs is 1. The number of carbonyl (C=O) groups excluding carboxylic acids is 2. The number of furan rings is 1. The zero-order valence-electron chi connectivity index (χ0n) is 20.9. The van der Waals surface area contributed by atoms with E-state index in [-0.39, 0.29) is 36.6 Å². The zero-order chi connectivity index (χ0) is 26.2. The van der Waals surface area contributed by atoms with Crippen LogP contribution in [-0.4, -0.2) is 60.3 Å². The van der Waals surface area contributed by atoms with Gasteiger partial charge in [-0.05, 0) is 52.0 Å². The molecule has 1 atom stereocenters. The molecule has 0 spiro atoms. The number of carbonyl (C=O) groups is 2. The molecule has 0 unspecified atom stereocenters. The number of morpholine rings is 1. The summed E-state index contributed by atoms with van der Waals surface area (Å²) in [4.78, 5) is 30.4. The average Bonchev–Trinajstić information content (AvgIpc) is 3.13. The molecule has 3 heterocycles. The molecule has 0 aliphatic carbocycles. The SMILES string of the molecule is CNC(=O)c1cc(F)c(-c2oc3nc(C)ccc3c2C[C@H]2CN(C(=O)OC(C)(C)C)CCO2)c(F)c1. The van der Waals surface area contributed by atoms with Crippen molar-refractivity contribution in [1.29, 1.82) is 0 Å². The van der Waals surface area contributed by atoms with Crippen molar-refractivity contribution in [2.45, 2.75) is 45.8 Å². The molecule has 2 amide bonds. The van der Waals surface area contributed by atoms with Crippen LogP contribution in [0.4, 0.5) is 13.6 Å². The van der Waals surface area contributed by atoms with Gasteiger partial charge in [0.05, 0.1) is 24.8 Å². The Kier molecular flexibility index (Phi) is 6.99. The molecule has 2 aromatic heterocycles. The van der Waals surface area contributed by atoms with E-state index in [1.165, 1.54) is 7.05 Å². The Bertz CT molecular complexity index is 1290. The predicted molar refractivity (Wildman–Crippen MR) is 129 cm³/mol. The second-order valence-electron chi connectivity index (χ2n) is 9.73. The lowest BCUT2D eigenvalue weighted by Crippen LogP contribution is -2.48. The Morgan fingerprint density at radius 1 is 1.22 bits per heavy atom. The van der Waals surface area contributed by atoms with Gasteiger partial charge < -0.3 is 24.1 Å². The normalized spacial score (nSPS) is 16.3. The molecule has 0 radical (unpaired) electrons. The fraction of sp³-hybridized carbons (Fsp3) is 0.423. The number of ether oxygens (including phenoxy) is 2. The van der Waals surface area contributed by atoms with Crippen molar-refractivity contribution in [3.8, 4) is 11.3 Å². The molecular formula is C26H29F2N3O5. The minimum atomic E-state index is -0.939. The van der Waals surface area contributed by atoms with Gasteiger partial charge in [-0.15, -0.1) is 0 Å². The van der Waals surface area contributed by atoms with Crippen LogP contribution in [0.3, 0.4) is 0 Å². The molecular weight excluding hydrogens is 472 g/mol. The van der Waals surface area contributed by atoms with E-state index in [2.05, 4.69) is 10.3 Å². The van der Waals surface area contributed by atoms with Crippen LogP contribution in [0.5, 0.6) is 0 Å². The summed E-state index contributed by atoms with van der Waals surface area (Å²) in [6.45, 7) is 8.05. The first-order chi connectivity index (χ1) is 17.0. The van der Waals surface area contributed by atoms with Crippen molar-refractivity contribution in [3.63, 3.8) is 0 Å². The summed E-state index contributed by atoms with van der Waals surface area (Å²) >= 11 is 0. The van der Waals surface area contributed by atoms with Gasteiger partial charge in [0.2, 0.25) is 5.71 Å². The predicted octanol–water partition coefficient (Wildman–Crippen LogP) is 4.62. The van der Waals surface area contributed by atoms with Gasteiger partial charge in [0.15, 0.2) is 0 Å². The number of amides is 2. The lowest BCUT2D eigenvalue weighted by molar-refractivity contribution is -0.0414. The van der Waals surface area contributed by atoms with Crippen molar-refractivity contribution in [3.05, 3.63) is 52.7 Å². The third kappa shape index (κ3) is 5.33. The van der Waals surface area contributed by atoms with Crippen LogP contribution in [-0.2, 0) is 15.9 Å². The number of pyridine rings is 1. The van der Waals surface area contributed by atoms with E-state index in [1.807, 2.05) is 0 Å². The summed E-state index contributed by atoms with van der Waals surface area (Å²) < 4.78 is 47.6. The van der Waals surface area contributed by atoms with Gasteiger partial charge in [-0.1, -0.05) is 0 Å². The fourth-order valence-corrected chi connectivity index (χ4v) is 4.15. The summed E-state index contributed by atoms with van der Waals surface area (Å²) in [5.41, 5.74) is 0.223. The van der Waals surface area contributed by atoms with Crippen LogP contribution < -0.4 is 5.32 Å². The molecule has 1 fully saturated rings. The molecule has 36 heavy (non-hydrogen) atoms. The van der Waals surface area contributed by atoms with Crippen molar-refractivity contribution < 1.29 is 32.3 Å². The first-order valence-electron chi connectivity index (χ1n) is 11.7. The first-order valence-corrected chi connectivity index (χ1v) is 11.7. The molecule has 8 nitrogen and oxygen atoms in total. The number of hydrogen-bond donors (Lipinski definition) is 1. The Balaban J connectivity index is 1.72. The highest BCUT2D eigenvalue weighted by Crippen LogP contribution is 2.37. The summed E-state index contributed by atoms with van der Waals surface area (Å²) in [6, 6.07) is 5.49. The van der Waals surface area contributed by atoms with Gasteiger partial charge in [0, 0.05) is 42.2 Å². The number of hydrogen-bond acceptors (Lipinski definition) is 6. The van der Waals surface area contributed by atoms with E-state index in [0.717, 1.165) is 12.1 Å². The minimum Gasteiger partial charge on any atom is -0.444 e. The molecule has 1 N–H and O–H groups in total. The highest BCUT2D eigenvalue weighted by Gasteiger charge is 2.31. The van der Waals surface area contributed by atoms with Crippen LogP contribution in [0.2, 0.25) is 0 Å². The molecule has 1 aliphatic heterocycles. The molecule has 0 bridgehead atoms. The molecule has 1 aromatic carbocycles.